The summed E-state index contributed by atoms with van der Waals surface area (Å²) in [5.41, 5.74) is 0. The number of aromatic nitrogens is 3. The van der Waals surface area contributed by atoms with Crippen LogP contribution in [0.15, 0.2) is 36.9 Å². The molecule has 0 fully saturated rings. The third-order valence-electron chi connectivity index (χ3n) is 3.02. The highest BCUT2D eigenvalue weighted by molar-refractivity contribution is 7.71. The van der Waals surface area contributed by atoms with Crippen LogP contribution in [0.5, 0.6) is 11.5 Å². The largest absolute Gasteiger partial charge is 0.497 e. The fourth-order valence-corrected chi connectivity index (χ4v) is 2.18. The molecule has 0 aliphatic rings. The summed E-state index contributed by atoms with van der Waals surface area (Å²) in [7, 11) is 1.64. The molecule has 2 rings (SSSR count). The van der Waals surface area contributed by atoms with Gasteiger partial charge in [0.15, 0.2) is 4.77 Å². The molecule has 0 spiro atoms. The van der Waals surface area contributed by atoms with Crippen molar-refractivity contribution in [2.75, 3.05) is 13.7 Å². The van der Waals surface area contributed by atoms with Crippen molar-refractivity contribution in [1.82, 2.24) is 14.8 Å². The molecule has 1 aromatic carbocycles. The van der Waals surface area contributed by atoms with Crippen LogP contribution < -0.4 is 9.47 Å². The van der Waals surface area contributed by atoms with E-state index in [1.807, 2.05) is 34.9 Å². The van der Waals surface area contributed by atoms with Crippen molar-refractivity contribution >= 4 is 12.2 Å². The van der Waals surface area contributed by atoms with Gasteiger partial charge in [0.2, 0.25) is 0 Å². The number of hydrogen-bond donors (Lipinski definition) is 1. The third-order valence-corrected chi connectivity index (χ3v) is 3.33. The smallest absolute Gasteiger partial charge is 0.195 e. The Labute approximate surface area is 129 Å². The van der Waals surface area contributed by atoms with Crippen LogP contribution in [0.2, 0.25) is 0 Å². The third kappa shape index (κ3) is 4.19. The maximum atomic E-state index is 5.68. The van der Waals surface area contributed by atoms with Gasteiger partial charge in [-0.15, -0.1) is 6.58 Å². The van der Waals surface area contributed by atoms with Gasteiger partial charge in [-0.3, -0.25) is 5.10 Å². The highest BCUT2D eigenvalue weighted by atomic mass is 32.1. The molecule has 21 heavy (non-hydrogen) atoms. The molecular formula is C15H19N3O2S. The van der Waals surface area contributed by atoms with Crippen LogP contribution in [0.25, 0.3) is 0 Å². The van der Waals surface area contributed by atoms with Crippen molar-refractivity contribution < 1.29 is 9.47 Å². The number of aryl methyl sites for hydroxylation is 1. The average Bonchev–Trinajstić information content (AvgIpc) is 2.86. The minimum absolute atomic E-state index is 0.625. The second-order valence-corrected chi connectivity index (χ2v) is 4.86. The van der Waals surface area contributed by atoms with Crippen molar-refractivity contribution in [3.05, 3.63) is 47.5 Å². The number of allylic oxidation sites excluding steroid dienone is 1. The fourth-order valence-electron chi connectivity index (χ4n) is 1.95. The molecule has 0 amide bonds. The van der Waals surface area contributed by atoms with E-state index < -0.39 is 0 Å². The Bertz CT molecular complexity index is 631. The molecule has 0 bridgehead atoms. The predicted octanol–water partition coefficient (Wildman–Crippen LogP) is 3.15. The lowest BCUT2D eigenvalue weighted by atomic mass is 10.3. The molecule has 112 valence electrons. The molecule has 6 heteroatoms. The number of benzene rings is 1. The van der Waals surface area contributed by atoms with E-state index in [0.29, 0.717) is 17.9 Å². The van der Waals surface area contributed by atoms with Gasteiger partial charge in [-0.1, -0.05) is 6.08 Å². The molecule has 2 aromatic rings. The fraction of sp³-hybridized carbons (Fsp3) is 0.333. The first-order valence-electron chi connectivity index (χ1n) is 6.76. The lowest BCUT2D eigenvalue weighted by Gasteiger charge is -2.07. The van der Waals surface area contributed by atoms with Crippen molar-refractivity contribution in [3.63, 3.8) is 0 Å². The van der Waals surface area contributed by atoms with Crippen LogP contribution in [0, 0.1) is 4.77 Å². The van der Waals surface area contributed by atoms with E-state index in [9.17, 15) is 0 Å². The molecule has 0 atom stereocenters. The molecule has 0 radical (unpaired) electrons. The van der Waals surface area contributed by atoms with Crippen LogP contribution in [0.4, 0.5) is 0 Å². The quantitative estimate of drug-likeness (QED) is 0.462. The number of methoxy groups -OCH3 is 1. The zero-order chi connectivity index (χ0) is 15.1. The molecule has 0 aliphatic heterocycles. The SMILES string of the molecule is C=CCn1c(CCCOc2ccc(OC)cc2)n[nH]c1=S. The van der Waals surface area contributed by atoms with Crippen LogP contribution in [-0.2, 0) is 13.0 Å². The van der Waals surface area contributed by atoms with E-state index in [2.05, 4.69) is 16.8 Å². The number of nitrogens with zero attached hydrogens (tertiary/aromatic N) is 2. The van der Waals surface area contributed by atoms with E-state index in [-0.39, 0.29) is 0 Å². The Morgan fingerprint density at radius 3 is 2.71 bits per heavy atom. The minimum atomic E-state index is 0.625. The Morgan fingerprint density at radius 2 is 2.05 bits per heavy atom. The number of aromatic amines is 1. The van der Waals surface area contributed by atoms with E-state index in [4.69, 9.17) is 21.7 Å². The van der Waals surface area contributed by atoms with Gasteiger partial charge in [0.05, 0.1) is 13.7 Å². The second-order valence-electron chi connectivity index (χ2n) is 4.47. The molecule has 0 saturated carbocycles. The maximum absolute atomic E-state index is 5.68. The summed E-state index contributed by atoms with van der Waals surface area (Å²) in [6.07, 6.45) is 3.47. The summed E-state index contributed by atoms with van der Waals surface area (Å²) < 4.78 is 13.4. The number of nitrogens with one attached hydrogen (secondary N) is 1. The average molecular weight is 305 g/mol. The molecule has 5 nitrogen and oxygen atoms in total. The van der Waals surface area contributed by atoms with Gasteiger partial charge in [0.1, 0.15) is 17.3 Å². The van der Waals surface area contributed by atoms with Crippen LogP contribution in [0.3, 0.4) is 0 Å². The summed E-state index contributed by atoms with van der Waals surface area (Å²) >= 11 is 5.17. The summed E-state index contributed by atoms with van der Waals surface area (Å²) in [5, 5.41) is 7.03. The molecule has 0 saturated heterocycles. The van der Waals surface area contributed by atoms with Crippen LogP contribution in [-0.4, -0.2) is 28.5 Å². The molecular weight excluding hydrogens is 286 g/mol. The molecule has 0 aliphatic carbocycles. The van der Waals surface area contributed by atoms with Gasteiger partial charge in [-0.2, -0.15) is 5.10 Å². The standard InChI is InChI=1S/C15H19N3O2S/c1-3-10-18-14(16-17-15(18)21)5-4-11-20-13-8-6-12(19-2)7-9-13/h3,6-9H,1,4-5,10-11H2,2H3,(H,17,21). The predicted molar refractivity (Wildman–Crippen MR) is 84.4 cm³/mol. The minimum Gasteiger partial charge on any atom is -0.497 e. The first kappa shape index (κ1) is 15.3. The number of rotatable bonds is 8. The van der Waals surface area contributed by atoms with Gasteiger partial charge in [-0.05, 0) is 42.9 Å². The van der Waals surface area contributed by atoms with Gasteiger partial charge < -0.3 is 14.0 Å². The zero-order valence-corrected chi connectivity index (χ0v) is 12.9. The first-order chi connectivity index (χ1) is 10.2. The van der Waals surface area contributed by atoms with Gasteiger partial charge in [0, 0.05) is 13.0 Å². The summed E-state index contributed by atoms with van der Waals surface area (Å²) in [5.74, 6) is 2.58. The normalized spacial score (nSPS) is 10.3. The first-order valence-corrected chi connectivity index (χ1v) is 7.17. The van der Waals surface area contributed by atoms with E-state index in [1.165, 1.54) is 0 Å². The van der Waals surface area contributed by atoms with Crippen molar-refractivity contribution in [2.24, 2.45) is 0 Å². The maximum Gasteiger partial charge on any atom is 0.195 e. The Balaban J connectivity index is 1.81. The Kier molecular flexibility index (Phi) is 5.57. The van der Waals surface area contributed by atoms with Gasteiger partial charge in [-0.25, -0.2) is 0 Å². The summed E-state index contributed by atoms with van der Waals surface area (Å²) in [6, 6.07) is 7.55. The number of ether oxygens (including phenoxy) is 2. The topological polar surface area (TPSA) is 52.1 Å². The van der Waals surface area contributed by atoms with Crippen molar-refractivity contribution in [3.8, 4) is 11.5 Å². The monoisotopic (exact) mass is 305 g/mol. The van der Waals surface area contributed by atoms with Crippen molar-refractivity contribution in [2.45, 2.75) is 19.4 Å². The Morgan fingerprint density at radius 1 is 1.33 bits per heavy atom. The highest BCUT2D eigenvalue weighted by Gasteiger charge is 2.04. The molecule has 1 heterocycles. The molecule has 0 unspecified atom stereocenters. The molecule has 1 aromatic heterocycles. The van der Waals surface area contributed by atoms with Crippen LogP contribution in [0.1, 0.15) is 12.2 Å². The Hall–Kier alpha value is -2.08. The summed E-state index contributed by atoms with van der Waals surface area (Å²) in [6.45, 7) is 5.02. The highest BCUT2D eigenvalue weighted by Crippen LogP contribution is 2.17. The zero-order valence-electron chi connectivity index (χ0n) is 12.0. The summed E-state index contributed by atoms with van der Waals surface area (Å²) in [4.78, 5) is 0. The van der Waals surface area contributed by atoms with Gasteiger partial charge >= 0.3 is 0 Å². The van der Waals surface area contributed by atoms with E-state index >= 15 is 0 Å². The lowest BCUT2D eigenvalue weighted by Crippen LogP contribution is -2.06. The van der Waals surface area contributed by atoms with Crippen molar-refractivity contribution in [1.29, 1.82) is 0 Å². The number of H-pyrrole nitrogens is 1. The number of hydrogen-bond acceptors (Lipinski definition) is 4. The van der Waals surface area contributed by atoms with Gasteiger partial charge in [0.25, 0.3) is 0 Å². The van der Waals surface area contributed by atoms with E-state index in [1.54, 1.807) is 7.11 Å². The lowest BCUT2D eigenvalue weighted by molar-refractivity contribution is 0.308. The van der Waals surface area contributed by atoms with E-state index in [0.717, 1.165) is 30.2 Å². The second kappa shape index (κ2) is 7.64. The van der Waals surface area contributed by atoms with Crippen LogP contribution >= 0.6 is 12.2 Å². The molecule has 1 N–H and O–H groups in total.